The minimum atomic E-state index is -0.204. The van der Waals surface area contributed by atoms with Crippen molar-refractivity contribution < 1.29 is 23.8 Å². The van der Waals surface area contributed by atoms with Gasteiger partial charge in [0, 0.05) is 26.3 Å². The monoisotopic (exact) mass is 452 g/mol. The third kappa shape index (κ3) is 5.09. The summed E-state index contributed by atoms with van der Waals surface area (Å²) in [5, 5.41) is 0. The number of morpholine rings is 1. The molecule has 3 heterocycles. The molecule has 0 bridgehead atoms. The lowest BCUT2D eigenvalue weighted by Gasteiger charge is -2.26. The number of carbonyl (C=O) groups excluding carboxylic acids is 2. The number of likely N-dealkylation sites (N-methyl/N-ethyl adjacent to an activating group) is 1. The molecular weight excluding hydrogens is 424 g/mol. The van der Waals surface area contributed by atoms with Crippen LogP contribution in [0.5, 0.6) is 11.5 Å². The second-order valence-electron chi connectivity index (χ2n) is 7.64. The number of carbonyl (C=O) groups is 2. The highest BCUT2D eigenvalue weighted by Crippen LogP contribution is 2.28. The number of nitrogens with zero attached hydrogens (tertiary/aromatic N) is 4. The summed E-state index contributed by atoms with van der Waals surface area (Å²) in [7, 11) is 1.70. The van der Waals surface area contributed by atoms with E-state index in [2.05, 4.69) is 0 Å². The third-order valence-corrected chi connectivity index (χ3v) is 5.51. The second-order valence-corrected chi connectivity index (χ2v) is 7.64. The van der Waals surface area contributed by atoms with Crippen molar-refractivity contribution in [1.82, 2.24) is 14.3 Å². The van der Waals surface area contributed by atoms with Crippen LogP contribution in [0, 0.1) is 0 Å². The molecule has 1 aliphatic heterocycles. The van der Waals surface area contributed by atoms with E-state index < -0.39 is 0 Å². The smallest absolute Gasteiger partial charge is 0.265 e. The molecule has 174 valence electrons. The fourth-order valence-electron chi connectivity index (χ4n) is 3.70. The molecule has 9 nitrogen and oxygen atoms in total. The highest BCUT2D eigenvalue weighted by atomic mass is 16.5. The van der Waals surface area contributed by atoms with Crippen LogP contribution in [-0.4, -0.2) is 72.7 Å². The summed E-state index contributed by atoms with van der Waals surface area (Å²) < 4.78 is 18.6. The zero-order valence-electron chi connectivity index (χ0n) is 18.9. The minimum absolute atomic E-state index is 0.0803. The quantitative estimate of drug-likeness (QED) is 0.521. The number of fused-ring (bicyclic) bond motifs is 1. The summed E-state index contributed by atoms with van der Waals surface area (Å²) in [5.74, 6) is 1.48. The van der Waals surface area contributed by atoms with Crippen LogP contribution in [0.3, 0.4) is 0 Å². The maximum absolute atomic E-state index is 12.9. The number of imidazole rings is 1. The van der Waals surface area contributed by atoms with Gasteiger partial charge in [0.15, 0.2) is 24.6 Å². The lowest BCUT2D eigenvalue weighted by Crippen LogP contribution is -2.43. The van der Waals surface area contributed by atoms with Gasteiger partial charge in [0.25, 0.3) is 11.8 Å². The van der Waals surface area contributed by atoms with Gasteiger partial charge in [-0.2, -0.15) is 0 Å². The average Bonchev–Trinajstić information content (AvgIpc) is 3.25. The van der Waals surface area contributed by atoms with Gasteiger partial charge in [0.05, 0.1) is 18.9 Å². The van der Waals surface area contributed by atoms with Crippen LogP contribution in [0.2, 0.25) is 0 Å². The Bertz CT molecular complexity index is 1110. The van der Waals surface area contributed by atoms with Crippen molar-refractivity contribution in [3.05, 3.63) is 54.4 Å². The number of benzene rings is 1. The van der Waals surface area contributed by atoms with Crippen molar-refractivity contribution in [3.8, 4) is 11.5 Å². The number of para-hydroxylation sites is 1. The topological polar surface area (TPSA) is 85.6 Å². The molecule has 0 spiro atoms. The van der Waals surface area contributed by atoms with Crippen LogP contribution in [0.1, 0.15) is 12.6 Å². The van der Waals surface area contributed by atoms with Crippen molar-refractivity contribution in [2.24, 2.45) is 0 Å². The Hall–Kier alpha value is -3.59. The van der Waals surface area contributed by atoms with Crippen molar-refractivity contribution >= 4 is 23.3 Å². The van der Waals surface area contributed by atoms with E-state index in [9.17, 15) is 9.59 Å². The van der Waals surface area contributed by atoms with Gasteiger partial charge in [-0.3, -0.25) is 18.9 Å². The van der Waals surface area contributed by atoms with Crippen LogP contribution >= 0.6 is 0 Å². The van der Waals surface area contributed by atoms with Crippen molar-refractivity contribution in [2.45, 2.75) is 13.3 Å². The number of pyridine rings is 1. The summed E-state index contributed by atoms with van der Waals surface area (Å²) >= 11 is 0. The molecule has 1 aliphatic rings. The molecule has 1 aromatic carbocycles. The van der Waals surface area contributed by atoms with Gasteiger partial charge < -0.3 is 19.1 Å². The van der Waals surface area contributed by atoms with E-state index in [4.69, 9.17) is 19.2 Å². The summed E-state index contributed by atoms with van der Waals surface area (Å²) in [6.45, 7) is 4.02. The van der Waals surface area contributed by atoms with Crippen molar-refractivity contribution in [3.63, 3.8) is 0 Å². The molecule has 1 fully saturated rings. The summed E-state index contributed by atoms with van der Waals surface area (Å²) in [4.78, 5) is 33.3. The Morgan fingerprint density at radius 1 is 1.06 bits per heavy atom. The standard InChI is InChI=1S/C24H28N4O5/c1-3-19-24(26(2)21(29)16-32-18-8-5-4-6-9-18)28-11-7-10-20(23(28)25-19)33-17-22(30)27-12-14-31-15-13-27/h4-11H,3,12-17H2,1-2H3. The Kier molecular flexibility index (Phi) is 7.09. The molecule has 3 aromatic rings. The Morgan fingerprint density at radius 2 is 1.82 bits per heavy atom. The maximum atomic E-state index is 12.9. The largest absolute Gasteiger partial charge is 0.484 e. The number of aromatic nitrogens is 2. The molecule has 0 unspecified atom stereocenters. The number of ether oxygens (including phenoxy) is 3. The highest BCUT2D eigenvalue weighted by molar-refractivity contribution is 5.94. The van der Waals surface area contributed by atoms with Crippen LogP contribution in [0.25, 0.3) is 5.65 Å². The van der Waals surface area contributed by atoms with Crippen LogP contribution in [0.15, 0.2) is 48.7 Å². The fraction of sp³-hybridized carbons (Fsp3) is 0.375. The molecule has 0 aliphatic carbocycles. The van der Waals surface area contributed by atoms with Crippen molar-refractivity contribution in [2.75, 3.05) is 51.5 Å². The molecule has 0 N–H and O–H groups in total. The van der Waals surface area contributed by atoms with Gasteiger partial charge in [-0.1, -0.05) is 25.1 Å². The zero-order valence-corrected chi connectivity index (χ0v) is 18.9. The molecule has 4 rings (SSSR count). The van der Waals surface area contributed by atoms with Crippen molar-refractivity contribution in [1.29, 1.82) is 0 Å². The van der Waals surface area contributed by atoms with Crippen LogP contribution < -0.4 is 14.4 Å². The number of hydrogen-bond donors (Lipinski definition) is 0. The summed E-state index contributed by atoms with van der Waals surface area (Å²) in [6, 6.07) is 12.8. The molecule has 0 saturated carbocycles. The normalized spacial score (nSPS) is 13.7. The molecule has 0 radical (unpaired) electrons. The average molecular weight is 453 g/mol. The van der Waals surface area contributed by atoms with Crippen LogP contribution in [0.4, 0.5) is 5.82 Å². The predicted molar refractivity (Wildman–Crippen MR) is 123 cm³/mol. The molecule has 0 atom stereocenters. The summed E-state index contributed by atoms with van der Waals surface area (Å²) in [5.41, 5.74) is 1.31. The number of anilines is 1. The van der Waals surface area contributed by atoms with Gasteiger partial charge in [-0.05, 0) is 30.7 Å². The second kappa shape index (κ2) is 10.4. The van der Waals surface area contributed by atoms with E-state index in [1.54, 1.807) is 35.0 Å². The zero-order chi connectivity index (χ0) is 23.2. The number of amides is 2. The van der Waals surface area contributed by atoms with Crippen LogP contribution in [-0.2, 0) is 20.7 Å². The van der Waals surface area contributed by atoms with E-state index in [-0.39, 0.29) is 25.0 Å². The molecule has 9 heteroatoms. The van der Waals surface area contributed by atoms with E-state index in [0.29, 0.717) is 55.7 Å². The Labute approximate surface area is 192 Å². The first-order valence-electron chi connectivity index (χ1n) is 11.0. The first-order chi connectivity index (χ1) is 16.1. The molecule has 2 amide bonds. The van der Waals surface area contributed by atoms with Gasteiger partial charge in [-0.15, -0.1) is 0 Å². The maximum Gasteiger partial charge on any atom is 0.265 e. The van der Waals surface area contributed by atoms with Gasteiger partial charge in [-0.25, -0.2) is 4.98 Å². The molecule has 2 aromatic heterocycles. The first kappa shape index (κ1) is 22.6. The van der Waals surface area contributed by atoms with Gasteiger partial charge in [0.1, 0.15) is 11.6 Å². The van der Waals surface area contributed by atoms with E-state index >= 15 is 0 Å². The summed E-state index contributed by atoms with van der Waals surface area (Å²) in [6.07, 6.45) is 2.45. The Balaban J connectivity index is 1.51. The van der Waals surface area contributed by atoms with Gasteiger partial charge >= 0.3 is 0 Å². The predicted octanol–water partition coefficient (Wildman–Crippen LogP) is 2.18. The lowest BCUT2D eigenvalue weighted by atomic mass is 10.3. The SMILES string of the molecule is CCc1nc2c(OCC(=O)N3CCOCC3)cccn2c1N(C)C(=O)COc1ccccc1. The highest BCUT2D eigenvalue weighted by Gasteiger charge is 2.23. The lowest BCUT2D eigenvalue weighted by molar-refractivity contribution is -0.137. The fourth-order valence-corrected chi connectivity index (χ4v) is 3.70. The number of aryl methyl sites for hydroxylation is 1. The molecule has 1 saturated heterocycles. The number of hydrogen-bond acceptors (Lipinski definition) is 6. The van der Waals surface area contributed by atoms with E-state index in [1.165, 1.54) is 0 Å². The van der Waals surface area contributed by atoms with E-state index in [0.717, 1.165) is 5.69 Å². The first-order valence-corrected chi connectivity index (χ1v) is 11.0. The molecule has 33 heavy (non-hydrogen) atoms. The molecular formula is C24H28N4O5. The minimum Gasteiger partial charge on any atom is -0.484 e. The van der Waals surface area contributed by atoms with E-state index in [1.807, 2.05) is 41.8 Å². The Morgan fingerprint density at radius 3 is 2.55 bits per heavy atom. The van der Waals surface area contributed by atoms with Gasteiger partial charge in [0.2, 0.25) is 0 Å². The number of rotatable bonds is 8. The third-order valence-electron chi connectivity index (χ3n) is 5.51.